The average Bonchev–Trinajstić information content (AvgIpc) is 2.79. The van der Waals surface area contributed by atoms with Crippen molar-refractivity contribution in [3.8, 4) is 17.6 Å². The van der Waals surface area contributed by atoms with Gasteiger partial charge in [-0.3, -0.25) is 4.79 Å². The van der Waals surface area contributed by atoms with Crippen molar-refractivity contribution in [2.45, 2.75) is 13.3 Å². The van der Waals surface area contributed by atoms with Crippen LogP contribution in [-0.4, -0.2) is 32.7 Å². The molecular weight excluding hydrogens is 432 g/mol. The van der Waals surface area contributed by atoms with E-state index in [1.165, 1.54) is 20.3 Å². The number of nitriles is 1. The molecule has 0 atom stereocenters. The van der Waals surface area contributed by atoms with Gasteiger partial charge in [-0.2, -0.15) is 5.26 Å². The van der Waals surface area contributed by atoms with Crippen LogP contribution in [0.5, 0.6) is 11.5 Å². The van der Waals surface area contributed by atoms with Gasteiger partial charge >= 0.3 is 5.97 Å². The Morgan fingerprint density at radius 1 is 1.28 bits per heavy atom. The molecule has 0 bridgehead atoms. The molecule has 2 aromatic rings. The van der Waals surface area contributed by atoms with E-state index in [0.29, 0.717) is 45.3 Å². The third-order valence-electron chi connectivity index (χ3n) is 4.49. The van der Waals surface area contributed by atoms with Crippen LogP contribution in [0.3, 0.4) is 0 Å². The number of ether oxygens (including phenoxy) is 3. The first-order valence-electron chi connectivity index (χ1n) is 9.54. The number of anilines is 1. The Labute approximate surface area is 191 Å². The van der Waals surface area contributed by atoms with Crippen LogP contribution in [0.1, 0.15) is 16.7 Å². The summed E-state index contributed by atoms with van der Waals surface area (Å²) < 4.78 is 15.6. The lowest BCUT2D eigenvalue weighted by Crippen LogP contribution is -2.15. The highest BCUT2D eigenvalue weighted by Gasteiger charge is 2.16. The number of rotatable bonds is 9. The van der Waals surface area contributed by atoms with Gasteiger partial charge in [0.25, 0.3) is 5.91 Å². The van der Waals surface area contributed by atoms with Crippen molar-refractivity contribution in [1.29, 1.82) is 5.26 Å². The van der Waals surface area contributed by atoms with E-state index in [2.05, 4.69) is 16.6 Å². The smallest absolute Gasteiger partial charge is 0.343 e. The fourth-order valence-electron chi connectivity index (χ4n) is 2.83. The zero-order chi connectivity index (χ0) is 23.7. The lowest BCUT2D eigenvalue weighted by atomic mass is 10.0. The van der Waals surface area contributed by atoms with Gasteiger partial charge in [0.1, 0.15) is 11.6 Å². The first-order valence-corrected chi connectivity index (χ1v) is 9.92. The predicted octanol–water partition coefficient (Wildman–Crippen LogP) is 4.48. The molecule has 1 amide bonds. The van der Waals surface area contributed by atoms with E-state index in [1.54, 1.807) is 43.3 Å². The minimum absolute atomic E-state index is 0.112. The molecule has 0 heterocycles. The van der Waals surface area contributed by atoms with E-state index < -0.39 is 11.9 Å². The highest BCUT2D eigenvalue weighted by atomic mass is 35.5. The summed E-state index contributed by atoms with van der Waals surface area (Å²) in [4.78, 5) is 24.2. The van der Waals surface area contributed by atoms with Gasteiger partial charge in [0.2, 0.25) is 0 Å². The number of amides is 1. The number of carbonyl (C=O) groups excluding carboxylic acids is 2. The number of nitrogens with zero attached hydrogens (tertiary/aromatic N) is 1. The van der Waals surface area contributed by atoms with Crippen molar-refractivity contribution >= 4 is 35.2 Å². The van der Waals surface area contributed by atoms with E-state index in [4.69, 9.17) is 21.1 Å². The summed E-state index contributed by atoms with van der Waals surface area (Å²) in [5.74, 6) is -0.427. The van der Waals surface area contributed by atoms with Gasteiger partial charge in [-0.25, -0.2) is 4.79 Å². The summed E-state index contributed by atoms with van der Waals surface area (Å²) in [7, 11) is 2.71. The molecule has 0 spiro atoms. The largest absolute Gasteiger partial charge is 0.493 e. The molecule has 2 aromatic carbocycles. The molecule has 166 valence electrons. The number of halogens is 1. The summed E-state index contributed by atoms with van der Waals surface area (Å²) in [6.07, 6.45) is 3.51. The Kier molecular flexibility index (Phi) is 8.87. The first-order chi connectivity index (χ1) is 15.3. The molecule has 32 heavy (non-hydrogen) atoms. The number of carbonyl (C=O) groups is 2. The molecule has 0 aliphatic heterocycles. The normalized spacial score (nSPS) is 10.7. The molecule has 0 radical (unpaired) electrons. The Hall–Kier alpha value is -3.76. The van der Waals surface area contributed by atoms with E-state index in [1.807, 2.05) is 6.07 Å². The van der Waals surface area contributed by atoms with Gasteiger partial charge in [0.15, 0.2) is 18.1 Å². The Balaban J connectivity index is 2.41. The number of hydrogen-bond acceptors (Lipinski definition) is 6. The van der Waals surface area contributed by atoms with Crippen molar-refractivity contribution < 1.29 is 23.8 Å². The molecule has 0 aromatic heterocycles. The zero-order valence-electron chi connectivity index (χ0n) is 18.0. The summed E-state index contributed by atoms with van der Waals surface area (Å²) in [6, 6.07) is 10.4. The van der Waals surface area contributed by atoms with Crippen LogP contribution in [0.25, 0.3) is 6.08 Å². The van der Waals surface area contributed by atoms with E-state index in [9.17, 15) is 14.9 Å². The van der Waals surface area contributed by atoms with Crippen molar-refractivity contribution in [2.75, 3.05) is 26.1 Å². The molecule has 0 unspecified atom stereocenters. The molecule has 0 saturated heterocycles. The highest BCUT2D eigenvalue weighted by molar-refractivity contribution is 6.31. The van der Waals surface area contributed by atoms with Crippen molar-refractivity contribution in [1.82, 2.24) is 0 Å². The van der Waals surface area contributed by atoms with E-state index >= 15 is 0 Å². The quantitative estimate of drug-likeness (QED) is 0.259. The summed E-state index contributed by atoms with van der Waals surface area (Å²) in [5.41, 5.74) is 2.30. The molecule has 8 heteroatoms. The summed E-state index contributed by atoms with van der Waals surface area (Å²) in [6.45, 7) is 5.21. The third kappa shape index (κ3) is 6.13. The average molecular weight is 455 g/mol. The van der Waals surface area contributed by atoms with Crippen LogP contribution in [0, 0.1) is 18.3 Å². The monoisotopic (exact) mass is 454 g/mol. The minimum Gasteiger partial charge on any atom is -0.493 e. The maximum Gasteiger partial charge on any atom is 0.343 e. The molecule has 0 saturated carbocycles. The fourth-order valence-corrected chi connectivity index (χ4v) is 3.00. The lowest BCUT2D eigenvalue weighted by molar-refractivity contribution is -0.142. The third-order valence-corrected chi connectivity index (χ3v) is 4.90. The molecule has 0 aliphatic carbocycles. The number of benzene rings is 2. The van der Waals surface area contributed by atoms with Crippen LogP contribution in [0.15, 0.2) is 48.6 Å². The SMILES string of the molecule is C=CCc1cc(/C=C(\C#N)C(=O)Nc2cccc(Cl)c2C)cc(OC)c1OCC(=O)OC. The molecule has 1 N–H and O–H groups in total. The molecule has 0 fully saturated rings. The lowest BCUT2D eigenvalue weighted by Gasteiger charge is -2.15. The Bertz CT molecular complexity index is 1100. The number of esters is 1. The van der Waals surface area contributed by atoms with Gasteiger partial charge in [-0.05, 0) is 54.8 Å². The Morgan fingerprint density at radius 2 is 2.03 bits per heavy atom. The zero-order valence-corrected chi connectivity index (χ0v) is 18.8. The van der Waals surface area contributed by atoms with Crippen LogP contribution in [0.4, 0.5) is 5.69 Å². The Morgan fingerprint density at radius 3 is 2.66 bits per heavy atom. The van der Waals surface area contributed by atoms with Gasteiger partial charge < -0.3 is 19.5 Å². The van der Waals surface area contributed by atoms with Gasteiger partial charge in [-0.15, -0.1) is 6.58 Å². The predicted molar refractivity (Wildman–Crippen MR) is 123 cm³/mol. The number of allylic oxidation sites excluding steroid dienone is 1. The fraction of sp³-hybridized carbons (Fsp3) is 0.208. The number of methoxy groups -OCH3 is 2. The standard InChI is InChI=1S/C24H23ClN2O5/c1-5-7-17-10-16(12-21(30-3)23(17)32-14-22(28)31-4)11-18(13-26)24(29)27-20-9-6-8-19(25)15(20)2/h5-6,8-12H,1,7,14H2,2-4H3,(H,27,29)/b18-11+. The van der Waals surface area contributed by atoms with Gasteiger partial charge in [0, 0.05) is 16.3 Å². The second-order valence-electron chi connectivity index (χ2n) is 6.61. The van der Waals surface area contributed by atoms with Crippen molar-refractivity contribution in [3.05, 3.63) is 70.3 Å². The first kappa shape index (κ1) is 24.5. The van der Waals surface area contributed by atoms with Crippen LogP contribution >= 0.6 is 11.6 Å². The van der Waals surface area contributed by atoms with E-state index in [-0.39, 0.29) is 12.2 Å². The molecule has 2 rings (SSSR count). The molecule has 0 aliphatic rings. The molecular formula is C24H23ClN2O5. The highest BCUT2D eigenvalue weighted by Crippen LogP contribution is 2.34. The van der Waals surface area contributed by atoms with E-state index in [0.717, 1.165) is 0 Å². The van der Waals surface area contributed by atoms with Crippen LogP contribution in [0.2, 0.25) is 5.02 Å². The topological polar surface area (TPSA) is 97.7 Å². The number of hydrogen-bond donors (Lipinski definition) is 1. The molecule has 7 nitrogen and oxygen atoms in total. The van der Waals surface area contributed by atoms with Crippen LogP contribution < -0.4 is 14.8 Å². The van der Waals surface area contributed by atoms with Crippen LogP contribution in [-0.2, 0) is 20.7 Å². The van der Waals surface area contributed by atoms with Gasteiger partial charge in [-0.1, -0.05) is 23.7 Å². The second kappa shape index (κ2) is 11.6. The summed E-state index contributed by atoms with van der Waals surface area (Å²) >= 11 is 6.10. The second-order valence-corrected chi connectivity index (χ2v) is 7.01. The van der Waals surface area contributed by atoms with Gasteiger partial charge in [0.05, 0.1) is 14.2 Å². The maximum atomic E-state index is 12.7. The maximum absolute atomic E-state index is 12.7. The van der Waals surface area contributed by atoms with Crippen molar-refractivity contribution in [3.63, 3.8) is 0 Å². The summed E-state index contributed by atoms with van der Waals surface area (Å²) in [5, 5.41) is 12.8. The van der Waals surface area contributed by atoms with Crippen molar-refractivity contribution in [2.24, 2.45) is 0 Å². The minimum atomic E-state index is -0.576. The number of nitrogens with one attached hydrogen (secondary N) is 1.